The number of nitrogens with one attached hydrogen (secondary N) is 1. The van der Waals surface area contributed by atoms with Gasteiger partial charge in [0.2, 0.25) is 0 Å². The Morgan fingerprint density at radius 1 is 0.615 bits per heavy atom. The third-order valence-electron chi connectivity index (χ3n) is 17.4. The van der Waals surface area contributed by atoms with Crippen LogP contribution in [-0.2, 0) is 0 Å². The van der Waals surface area contributed by atoms with Crippen molar-refractivity contribution in [3.05, 3.63) is 12.2 Å². The zero-order valence-corrected chi connectivity index (χ0v) is 28.1. The Morgan fingerprint density at radius 2 is 1.15 bits per heavy atom. The highest BCUT2D eigenvalue weighted by Gasteiger charge is 2.80. The summed E-state index contributed by atoms with van der Waals surface area (Å²) in [5.74, 6) is 2.64. The van der Waals surface area contributed by atoms with E-state index in [-0.39, 0.29) is 5.41 Å². The van der Waals surface area contributed by atoms with Crippen molar-refractivity contribution in [2.75, 3.05) is 37.7 Å². The molecule has 0 amide bonds. The molecule has 0 radical (unpaired) electrons. The van der Waals surface area contributed by atoms with Crippen LogP contribution in [0.25, 0.3) is 0 Å². The van der Waals surface area contributed by atoms with Gasteiger partial charge in [-0.05, 0) is 101 Å². The van der Waals surface area contributed by atoms with Gasteiger partial charge in [-0.3, -0.25) is 0 Å². The largest absolute Gasteiger partial charge is 0.309 e. The van der Waals surface area contributed by atoms with E-state index in [0.717, 1.165) is 0 Å². The van der Waals surface area contributed by atoms with Gasteiger partial charge in [-0.2, -0.15) is 11.8 Å². The first-order valence-electron chi connectivity index (χ1n) is 16.8. The van der Waals surface area contributed by atoms with Crippen molar-refractivity contribution >= 4 is 11.8 Å². The van der Waals surface area contributed by atoms with Crippen molar-refractivity contribution in [2.45, 2.75) is 132 Å². The van der Waals surface area contributed by atoms with E-state index in [0.29, 0.717) is 43.4 Å². The Hall–Kier alpha value is 0.0100. The van der Waals surface area contributed by atoms with Crippen LogP contribution in [0.4, 0.5) is 0 Å². The average molecular weight is 555 g/mol. The van der Waals surface area contributed by atoms with Crippen LogP contribution in [0.1, 0.15) is 127 Å². The van der Waals surface area contributed by atoms with Crippen LogP contribution in [0.15, 0.2) is 12.2 Å². The third-order valence-corrected chi connectivity index (χ3v) is 18.4. The SMILES string of the molecule is CC1(C)C=CCC2(C)[C@@]3(C)CCC4(C)[C@@](C)(CCC5(NCCN6CCSCC6)CCC[C@@]54C)C3(C)CC[C@@]12C. The number of thioether (sulfide) groups is 1. The molecule has 4 unspecified atom stereocenters. The summed E-state index contributed by atoms with van der Waals surface area (Å²) in [4.78, 5) is 2.72. The number of hydrogen-bond donors (Lipinski definition) is 1. The van der Waals surface area contributed by atoms with Gasteiger partial charge in [-0.1, -0.05) is 80.9 Å². The molecule has 1 aliphatic heterocycles. The number of fused-ring (bicyclic) bond motifs is 7. The van der Waals surface area contributed by atoms with Crippen LogP contribution in [0.5, 0.6) is 0 Å². The minimum absolute atomic E-state index is 0.266. The second-order valence-electron chi connectivity index (χ2n) is 17.5. The van der Waals surface area contributed by atoms with Gasteiger partial charge in [0, 0.05) is 43.2 Å². The fourth-order valence-electron chi connectivity index (χ4n) is 13.4. The zero-order valence-electron chi connectivity index (χ0n) is 27.3. The Labute approximate surface area is 246 Å². The molecule has 0 aromatic heterocycles. The van der Waals surface area contributed by atoms with Crippen LogP contribution >= 0.6 is 11.8 Å². The third kappa shape index (κ3) is 3.21. The number of nitrogens with zero attached hydrogens (tertiary/aromatic N) is 1. The van der Waals surface area contributed by atoms with Gasteiger partial charge in [-0.15, -0.1) is 0 Å². The molecule has 2 nitrogen and oxygen atoms in total. The molecule has 222 valence electrons. The van der Waals surface area contributed by atoms with Gasteiger partial charge in [0.25, 0.3) is 0 Å². The fraction of sp³-hybridized carbons (Fsp3) is 0.944. The minimum Gasteiger partial charge on any atom is -0.309 e. The van der Waals surface area contributed by atoms with Gasteiger partial charge >= 0.3 is 0 Å². The number of hydrogen-bond acceptors (Lipinski definition) is 3. The molecule has 1 saturated heterocycles. The number of allylic oxidation sites excluding steroid dienone is 2. The van der Waals surface area contributed by atoms with E-state index in [9.17, 15) is 0 Å². The second kappa shape index (κ2) is 8.78. The first-order valence-corrected chi connectivity index (χ1v) is 18.0. The van der Waals surface area contributed by atoms with Crippen molar-refractivity contribution < 1.29 is 0 Å². The molecule has 1 N–H and O–H groups in total. The van der Waals surface area contributed by atoms with E-state index >= 15 is 0 Å². The predicted molar refractivity (Wildman–Crippen MR) is 170 cm³/mol. The molecular formula is C36H62N2S. The highest BCUT2D eigenvalue weighted by atomic mass is 32.2. The molecule has 1 heterocycles. The molecule has 0 bridgehead atoms. The second-order valence-corrected chi connectivity index (χ2v) is 18.7. The van der Waals surface area contributed by atoms with Crippen molar-refractivity contribution in [3.8, 4) is 0 Å². The lowest BCUT2D eigenvalue weighted by Gasteiger charge is -2.82. The fourth-order valence-corrected chi connectivity index (χ4v) is 14.3. The summed E-state index contributed by atoms with van der Waals surface area (Å²) in [5, 5.41) is 4.37. The van der Waals surface area contributed by atoms with Crippen LogP contribution in [-0.4, -0.2) is 48.1 Å². The molecule has 6 aliphatic rings. The smallest absolute Gasteiger partial charge is 0.0241 e. The zero-order chi connectivity index (χ0) is 28.2. The molecule has 6 rings (SSSR count). The lowest BCUT2D eigenvalue weighted by atomic mass is 9.22. The quantitative estimate of drug-likeness (QED) is 0.349. The lowest BCUT2D eigenvalue weighted by molar-refractivity contribution is -0.328. The number of rotatable bonds is 4. The molecule has 3 heteroatoms. The minimum atomic E-state index is 0.266. The summed E-state index contributed by atoms with van der Waals surface area (Å²) in [5.41, 5.74) is 3.15. The van der Waals surface area contributed by atoms with Gasteiger partial charge in [0.05, 0.1) is 0 Å². The van der Waals surface area contributed by atoms with Crippen molar-refractivity contribution in [2.24, 2.45) is 43.3 Å². The monoisotopic (exact) mass is 554 g/mol. The summed E-state index contributed by atoms with van der Waals surface area (Å²) >= 11 is 2.13. The van der Waals surface area contributed by atoms with E-state index in [4.69, 9.17) is 0 Å². The van der Waals surface area contributed by atoms with Gasteiger partial charge in [0.15, 0.2) is 0 Å². The average Bonchev–Trinajstić information content (AvgIpc) is 3.24. The van der Waals surface area contributed by atoms with Gasteiger partial charge in [-0.25, -0.2) is 0 Å². The molecule has 39 heavy (non-hydrogen) atoms. The van der Waals surface area contributed by atoms with Crippen LogP contribution in [0.2, 0.25) is 0 Å². The molecule has 0 spiro atoms. The Morgan fingerprint density at radius 3 is 1.79 bits per heavy atom. The summed E-state index contributed by atoms with van der Waals surface area (Å²) in [6.07, 6.45) is 19.1. The summed E-state index contributed by atoms with van der Waals surface area (Å²) < 4.78 is 0. The maximum absolute atomic E-state index is 4.37. The maximum Gasteiger partial charge on any atom is 0.0241 e. The Bertz CT molecular complexity index is 1020. The molecule has 5 aliphatic carbocycles. The summed E-state index contributed by atoms with van der Waals surface area (Å²) in [6, 6.07) is 0. The first kappa shape index (κ1) is 29.1. The maximum atomic E-state index is 4.37. The first-order chi connectivity index (χ1) is 18.1. The van der Waals surface area contributed by atoms with E-state index in [1.807, 2.05) is 0 Å². The van der Waals surface area contributed by atoms with Crippen molar-refractivity contribution in [3.63, 3.8) is 0 Å². The highest BCUT2D eigenvalue weighted by molar-refractivity contribution is 7.99. The molecule has 0 aromatic rings. The topological polar surface area (TPSA) is 15.3 Å². The molecule has 4 saturated carbocycles. The normalized spacial score (nSPS) is 54.9. The van der Waals surface area contributed by atoms with Crippen molar-refractivity contribution in [1.29, 1.82) is 0 Å². The van der Waals surface area contributed by atoms with Crippen LogP contribution in [0, 0.1) is 43.3 Å². The summed E-state index contributed by atoms with van der Waals surface area (Å²) in [7, 11) is 0. The molecule has 5 fully saturated rings. The van der Waals surface area contributed by atoms with E-state index < -0.39 is 0 Å². The van der Waals surface area contributed by atoms with Gasteiger partial charge in [0.1, 0.15) is 0 Å². The predicted octanol–water partition coefficient (Wildman–Crippen LogP) is 8.96. The highest BCUT2D eigenvalue weighted by Crippen LogP contribution is 2.86. The molecule has 8 atom stereocenters. The van der Waals surface area contributed by atoms with Gasteiger partial charge < -0.3 is 10.2 Å². The van der Waals surface area contributed by atoms with Crippen LogP contribution in [0.3, 0.4) is 0 Å². The Balaban J connectivity index is 1.35. The summed E-state index contributed by atoms with van der Waals surface area (Å²) in [6.45, 7) is 29.5. The lowest BCUT2D eigenvalue weighted by Crippen LogP contribution is -2.77. The Kier molecular flexibility index (Phi) is 6.55. The van der Waals surface area contributed by atoms with E-state index in [1.54, 1.807) is 0 Å². The van der Waals surface area contributed by atoms with Crippen LogP contribution < -0.4 is 5.32 Å². The standard InChI is InChI=1S/C36H62N2S/c1-28(2)12-10-13-30(4)29(28,3)16-17-32(6)31(30,5)18-19-34(8)33(32,7)20-21-36(15-11-14-35(34,36)9)37-22-23-38-24-26-39-27-25-38/h10,12,37H,11,13-27H2,1-9H3/t29-,30?,31+,32?,33-,34?,35+,36?/m0/s1. The molecule has 0 aromatic carbocycles. The van der Waals surface area contributed by atoms with E-state index in [2.05, 4.69) is 96.4 Å². The van der Waals surface area contributed by atoms with E-state index in [1.165, 1.54) is 102 Å². The molecular weight excluding hydrogens is 492 g/mol. The van der Waals surface area contributed by atoms with Crippen molar-refractivity contribution in [1.82, 2.24) is 10.2 Å².